The predicted molar refractivity (Wildman–Crippen MR) is 62.5 cm³/mol. The van der Waals surface area contributed by atoms with Gasteiger partial charge in [-0.2, -0.15) is 0 Å². The van der Waals surface area contributed by atoms with Gasteiger partial charge in [0.05, 0.1) is 17.8 Å². The van der Waals surface area contributed by atoms with E-state index in [9.17, 15) is 0 Å². The number of thiazole rings is 1. The zero-order valence-corrected chi connectivity index (χ0v) is 9.46. The zero-order valence-electron chi connectivity index (χ0n) is 8.64. The highest BCUT2D eigenvalue weighted by Crippen LogP contribution is 2.14. The van der Waals surface area contributed by atoms with E-state index in [1.807, 2.05) is 42.8 Å². The van der Waals surface area contributed by atoms with Crippen molar-refractivity contribution in [3.63, 3.8) is 0 Å². The lowest BCUT2D eigenvalue weighted by atomic mass is 10.3. The van der Waals surface area contributed by atoms with Gasteiger partial charge in [0.25, 0.3) is 0 Å². The van der Waals surface area contributed by atoms with Crippen LogP contribution in [0.25, 0.3) is 0 Å². The van der Waals surface area contributed by atoms with Crippen LogP contribution in [0.4, 0.5) is 0 Å². The molecule has 15 heavy (non-hydrogen) atoms. The number of aromatic nitrogens is 1. The maximum absolute atomic E-state index is 5.61. The predicted octanol–water partition coefficient (Wildman–Crippen LogP) is 3.07. The second-order valence-electron chi connectivity index (χ2n) is 3.27. The first-order valence-corrected chi connectivity index (χ1v) is 5.81. The van der Waals surface area contributed by atoms with Crippen molar-refractivity contribution in [2.45, 2.75) is 13.3 Å². The first-order chi connectivity index (χ1) is 7.36. The van der Waals surface area contributed by atoms with E-state index in [1.165, 1.54) is 4.88 Å². The Labute approximate surface area is 93.6 Å². The molecule has 1 aromatic heterocycles. The molecular formula is C12H13NOS. The average Bonchev–Trinajstić information content (AvgIpc) is 2.66. The van der Waals surface area contributed by atoms with E-state index in [2.05, 4.69) is 4.98 Å². The first-order valence-electron chi connectivity index (χ1n) is 4.93. The molecule has 0 saturated heterocycles. The quantitative estimate of drug-likeness (QED) is 0.788. The molecule has 2 nitrogen and oxygen atoms in total. The molecule has 0 spiro atoms. The number of benzene rings is 1. The highest BCUT2D eigenvalue weighted by molar-refractivity contribution is 7.09. The summed E-state index contributed by atoms with van der Waals surface area (Å²) >= 11 is 1.69. The van der Waals surface area contributed by atoms with Crippen LogP contribution in [0.1, 0.15) is 10.6 Å². The highest BCUT2D eigenvalue weighted by atomic mass is 32.1. The molecule has 2 aromatic rings. The van der Waals surface area contributed by atoms with Crippen LogP contribution in [0.3, 0.4) is 0 Å². The van der Waals surface area contributed by atoms with Crippen molar-refractivity contribution >= 4 is 11.3 Å². The third-order valence-corrected chi connectivity index (χ3v) is 3.18. The molecule has 0 aliphatic carbocycles. The Hall–Kier alpha value is -1.35. The zero-order chi connectivity index (χ0) is 10.5. The van der Waals surface area contributed by atoms with Crippen LogP contribution in [0.15, 0.2) is 35.8 Å². The number of ether oxygens (including phenoxy) is 1. The van der Waals surface area contributed by atoms with Gasteiger partial charge in [0.2, 0.25) is 0 Å². The Morgan fingerprint density at radius 3 is 2.73 bits per heavy atom. The number of hydrogen-bond donors (Lipinski definition) is 0. The molecule has 0 unspecified atom stereocenters. The van der Waals surface area contributed by atoms with Gasteiger partial charge >= 0.3 is 0 Å². The fourth-order valence-corrected chi connectivity index (χ4v) is 2.11. The van der Waals surface area contributed by atoms with Crippen molar-refractivity contribution in [1.82, 2.24) is 4.98 Å². The second kappa shape index (κ2) is 4.94. The molecule has 0 atom stereocenters. The van der Waals surface area contributed by atoms with Crippen molar-refractivity contribution in [3.05, 3.63) is 46.4 Å². The lowest BCUT2D eigenvalue weighted by Gasteiger charge is -2.04. The molecule has 0 fully saturated rings. The molecule has 0 saturated carbocycles. The topological polar surface area (TPSA) is 22.1 Å². The molecule has 0 radical (unpaired) electrons. The number of aryl methyl sites for hydroxylation is 1. The summed E-state index contributed by atoms with van der Waals surface area (Å²) in [6, 6.07) is 9.89. The van der Waals surface area contributed by atoms with E-state index in [0.29, 0.717) is 6.61 Å². The van der Waals surface area contributed by atoms with E-state index in [4.69, 9.17) is 4.74 Å². The van der Waals surface area contributed by atoms with E-state index in [1.54, 1.807) is 11.3 Å². The lowest BCUT2D eigenvalue weighted by Crippen LogP contribution is -2.00. The summed E-state index contributed by atoms with van der Waals surface area (Å²) in [5.41, 5.74) is 3.00. The Morgan fingerprint density at radius 2 is 2.07 bits per heavy atom. The third kappa shape index (κ3) is 2.80. The van der Waals surface area contributed by atoms with Gasteiger partial charge < -0.3 is 4.74 Å². The van der Waals surface area contributed by atoms with Crippen molar-refractivity contribution in [1.29, 1.82) is 0 Å². The summed E-state index contributed by atoms with van der Waals surface area (Å²) < 4.78 is 5.61. The molecule has 0 amide bonds. The van der Waals surface area contributed by atoms with E-state index < -0.39 is 0 Å². The molecule has 1 heterocycles. The fourth-order valence-electron chi connectivity index (χ4n) is 1.34. The molecule has 1 aromatic carbocycles. The van der Waals surface area contributed by atoms with Crippen LogP contribution >= 0.6 is 11.3 Å². The average molecular weight is 219 g/mol. The van der Waals surface area contributed by atoms with Crippen LogP contribution < -0.4 is 4.74 Å². The lowest BCUT2D eigenvalue weighted by molar-refractivity contribution is 0.322. The first kappa shape index (κ1) is 10.2. The normalized spacial score (nSPS) is 10.2. The van der Waals surface area contributed by atoms with Gasteiger partial charge in [-0.3, -0.25) is 0 Å². The van der Waals surface area contributed by atoms with Crippen molar-refractivity contribution in [2.75, 3.05) is 6.61 Å². The van der Waals surface area contributed by atoms with Crippen LogP contribution in [0.2, 0.25) is 0 Å². The smallest absolute Gasteiger partial charge is 0.119 e. The number of hydrogen-bond acceptors (Lipinski definition) is 3. The van der Waals surface area contributed by atoms with Crippen molar-refractivity contribution < 1.29 is 4.74 Å². The minimum absolute atomic E-state index is 0.715. The Bertz CT molecular complexity index is 411. The van der Waals surface area contributed by atoms with Gasteiger partial charge in [0.15, 0.2) is 0 Å². The molecule has 78 valence electrons. The Kier molecular flexibility index (Phi) is 3.35. The van der Waals surface area contributed by atoms with Crippen LogP contribution in [-0.2, 0) is 6.42 Å². The van der Waals surface area contributed by atoms with Crippen LogP contribution in [0, 0.1) is 6.92 Å². The number of nitrogens with zero attached hydrogens (tertiary/aromatic N) is 1. The summed E-state index contributed by atoms with van der Waals surface area (Å²) in [4.78, 5) is 5.52. The summed E-state index contributed by atoms with van der Waals surface area (Å²) in [7, 11) is 0. The van der Waals surface area contributed by atoms with Gasteiger partial charge in [0.1, 0.15) is 5.75 Å². The maximum Gasteiger partial charge on any atom is 0.119 e. The fraction of sp³-hybridized carbons (Fsp3) is 0.250. The summed E-state index contributed by atoms with van der Waals surface area (Å²) in [6.07, 6.45) is 0.936. The number of para-hydroxylation sites is 1. The standard InChI is InChI=1S/C12H13NOS/c1-10-12(15-9-13-10)7-8-14-11-5-3-2-4-6-11/h2-6,9H,7-8H2,1H3. The van der Waals surface area contributed by atoms with Gasteiger partial charge in [-0.25, -0.2) is 4.98 Å². The molecule has 0 N–H and O–H groups in total. The van der Waals surface area contributed by atoms with E-state index >= 15 is 0 Å². The molecule has 3 heteroatoms. The Morgan fingerprint density at radius 1 is 1.27 bits per heavy atom. The van der Waals surface area contributed by atoms with Gasteiger partial charge in [-0.1, -0.05) is 18.2 Å². The molecule has 2 rings (SSSR count). The molecule has 0 bridgehead atoms. The van der Waals surface area contributed by atoms with Crippen molar-refractivity contribution in [2.24, 2.45) is 0 Å². The second-order valence-corrected chi connectivity index (χ2v) is 4.21. The van der Waals surface area contributed by atoms with Crippen molar-refractivity contribution in [3.8, 4) is 5.75 Å². The third-order valence-electron chi connectivity index (χ3n) is 2.19. The van der Waals surface area contributed by atoms with E-state index in [-0.39, 0.29) is 0 Å². The van der Waals surface area contributed by atoms with Gasteiger partial charge in [-0.15, -0.1) is 11.3 Å². The maximum atomic E-state index is 5.61. The molecule has 0 aliphatic rings. The Balaban J connectivity index is 1.83. The van der Waals surface area contributed by atoms with Gasteiger partial charge in [-0.05, 0) is 19.1 Å². The van der Waals surface area contributed by atoms with E-state index in [0.717, 1.165) is 17.9 Å². The van der Waals surface area contributed by atoms with Crippen LogP contribution in [-0.4, -0.2) is 11.6 Å². The monoisotopic (exact) mass is 219 g/mol. The largest absolute Gasteiger partial charge is 0.493 e. The van der Waals surface area contributed by atoms with Crippen LogP contribution in [0.5, 0.6) is 5.75 Å². The summed E-state index contributed by atoms with van der Waals surface area (Å²) in [5.74, 6) is 0.930. The SMILES string of the molecule is Cc1ncsc1CCOc1ccccc1. The van der Waals surface area contributed by atoms with Gasteiger partial charge in [0, 0.05) is 11.3 Å². The summed E-state index contributed by atoms with van der Waals surface area (Å²) in [6.45, 7) is 2.75. The number of rotatable bonds is 4. The molecular weight excluding hydrogens is 206 g/mol. The minimum atomic E-state index is 0.715. The molecule has 0 aliphatic heterocycles. The minimum Gasteiger partial charge on any atom is -0.493 e. The highest BCUT2D eigenvalue weighted by Gasteiger charge is 2.01. The summed E-state index contributed by atoms with van der Waals surface area (Å²) in [5, 5.41) is 0.